The third kappa shape index (κ3) is 10.3. The molecule has 0 spiro atoms. The Morgan fingerprint density at radius 2 is 1.79 bits per heavy atom. The number of nitrogens with two attached hydrogens (primary N) is 1. The van der Waals surface area contributed by atoms with Crippen molar-refractivity contribution in [2.75, 3.05) is 27.9 Å². The van der Waals surface area contributed by atoms with Gasteiger partial charge in [-0.05, 0) is 40.0 Å². The average Bonchev–Trinajstić information content (AvgIpc) is 2.65. The Hall–Kier alpha value is -2.82. The van der Waals surface area contributed by atoms with Gasteiger partial charge in [0, 0.05) is 13.7 Å². The molecule has 0 aliphatic heterocycles. The first-order valence-electron chi connectivity index (χ1n) is 8.91. The lowest BCUT2D eigenvalue weighted by atomic mass is 10.1. The highest BCUT2D eigenvalue weighted by Crippen LogP contribution is 2.15. The Kier molecular flexibility index (Phi) is 11.4. The summed E-state index contributed by atoms with van der Waals surface area (Å²) in [5, 5.41) is 12.7. The van der Waals surface area contributed by atoms with Crippen molar-refractivity contribution in [3.63, 3.8) is 0 Å². The van der Waals surface area contributed by atoms with Crippen LogP contribution < -0.4 is 5.73 Å². The summed E-state index contributed by atoms with van der Waals surface area (Å²) in [7, 11) is 3.70. The van der Waals surface area contributed by atoms with Gasteiger partial charge in [0.25, 0.3) is 0 Å². The minimum Gasteiger partial charge on any atom is -0.466 e. The fourth-order valence-corrected chi connectivity index (χ4v) is 2.00. The highest BCUT2D eigenvalue weighted by Gasteiger charge is 2.28. The number of amidine groups is 1. The summed E-state index contributed by atoms with van der Waals surface area (Å²) in [6.07, 6.45) is 1.49. The number of aliphatic hydroxyl groups excluding tert-OH is 1. The smallest absolute Gasteiger partial charge is 0.410 e. The summed E-state index contributed by atoms with van der Waals surface area (Å²) >= 11 is 0. The summed E-state index contributed by atoms with van der Waals surface area (Å²) in [5.41, 5.74) is 5.26. The minimum atomic E-state index is -0.968. The fraction of sp³-hybridized carbons (Fsp3) is 0.667. The first-order chi connectivity index (χ1) is 13.5. The number of methoxy groups -OCH3 is 2. The van der Waals surface area contributed by atoms with Crippen LogP contribution in [0.5, 0.6) is 0 Å². The summed E-state index contributed by atoms with van der Waals surface area (Å²) in [5.74, 6) is -2.51. The number of carbonyl (C=O) groups excluding carboxylic acids is 3. The van der Waals surface area contributed by atoms with E-state index >= 15 is 0 Å². The molecule has 11 heteroatoms. The number of carbonyl (C=O) groups is 3. The third-order valence-corrected chi connectivity index (χ3v) is 3.46. The molecule has 0 fully saturated rings. The number of rotatable bonds is 10. The molecule has 166 valence electrons. The van der Waals surface area contributed by atoms with Crippen molar-refractivity contribution < 1.29 is 38.5 Å². The van der Waals surface area contributed by atoms with Gasteiger partial charge in [0.1, 0.15) is 5.60 Å². The van der Waals surface area contributed by atoms with Crippen LogP contribution in [0.1, 0.15) is 40.0 Å². The molecule has 0 aromatic carbocycles. The number of esters is 2. The molecular formula is C18H31N3O8. The number of unbranched alkanes of at least 4 members (excludes halogenated alkanes) is 1. The van der Waals surface area contributed by atoms with Crippen molar-refractivity contribution in [3.05, 3.63) is 11.8 Å². The first kappa shape index (κ1) is 26.2. The van der Waals surface area contributed by atoms with Gasteiger partial charge in [-0.1, -0.05) is 5.16 Å². The van der Waals surface area contributed by atoms with E-state index in [-0.39, 0.29) is 12.4 Å². The minimum absolute atomic E-state index is 0.0230. The van der Waals surface area contributed by atoms with Gasteiger partial charge in [0.2, 0.25) is 5.76 Å². The van der Waals surface area contributed by atoms with Crippen molar-refractivity contribution in [1.29, 1.82) is 0 Å². The van der Waals surface area contributed by atoms with Crippen LogP contribution in [0, 0.1) is 0 Å². The Labute approximate surface area is 170 Å². The third-order valence-electron chi connectivity index (χ3n) is 3.46. The van der Waals surface area contributed by atoms with Gasteiger partial charge in [-0.3, -0.25) is 0 Å². The molecule has 0 aliphatic carbocycles. The van der Waals surface area contributed by atoms with Crippen molar-refractivity contribution >= 4 is 23.9 Å². The lowest BCUT2D eigenvalue weighted by Crippen LogP contribution is -2.47. The molecule has 0 bridgehead atoms. The van der Waals surface area contributed by atoms with Crippen LogP contribution in [-0.2, 0) is 28.6 Å². The van der Waals surface area contributed by atoms with Gasteiger partial charge in [-0.25, -0.2) is 14.4 Å². The molecule has 1 unspecified atom stereocenters. The van der Waals surface area contributed by atoms with Gasteiger partial charge in [0.15, 0.2) is 5.84 Å². The van der Waals surface area contributed by atoms with E-state index in [0.717, 1.165) is 20.3 Å². The van der Waals surface area contributed by atoms with E-state index in [9.17, 15) is 14.4 Å². The van der Waals surface area contributed by atoms with E-state index in [1.54, 1.807) is 20.8 Å². The molecule has 0 saturated heterocycles. The fourth-order valence-electron chi connectivity index (χ4n) is 2.00. The quantitative estimate of drug-likeness (QED) is 0.0772. The summed E-state index contributed by atoms with van der Waals surface area (Å²) < 4.78 is 14.3. The van der Waals surface area contributed by atoms with Crippen molar-refractivity contribution in [2.24, 2.45) is 10.9 Å². The molecule has 1 atom stereocenters. The number of hydrogen-bond donors (Lipinski definition) is 2. The number of nitrogens with zero attached hydrogens (tertiary/aromatic N) is 2. The molecule has 0 radical (unpaired) electrons. The highest BCUT2D eigenvalue weighted by molar-refractivity contribution is 5.95. The Balaban J connectivity index is 5.56. The molecule has 11 nitrogen and oxygen atoms in total. The maximum atomic E-state index is 12.4. The van der Waals surface area contributed by atoms with E-state index in [1.165, 1.54) is 11.9 Å². The van der Waals surface area contributed by atoms with Gasteiger partial charge in [-0.15, -0.1) is 0 Å². The van der Waals surface area contributed by atoms with E-state index < -0.39 is 35.4 Å². The second kappa shape index (κ2) is 12.6. The van der Waals surface area contributed by atoms with Gasteiger partial charge < -0.3 is 34.8 Å². The lowest BCUT2D eigenvalue weighted by molar-refractivity contribution is -0.142. The van der Waals surface area contributed by atoms with Crippen LogP contribution >= 0.6 is 0 Å². The number of likely N-dealkylation sites (N-methyl/N-ethyl adjacent to an activating group) is 1. The Morgan fingerprint density at radius 1 is 1.17 bits per heavy atom. The van der Waals surface area contributed by atoms with E-state index in [1.807, 2.05) is 0 Å². The summed E-state index contributed by atoms with van der Waals surface area (Å²) in [4.78, 5) is 41.7. The van der Waals surface area contributed by atoms with Gasteiger partial charge >= 0.3 is 18.0 Å². The van der Waals surface area contributed by atoms with E-state index in [2.05, 4.69) is 14.6 Å². The van der Waals surface area contributed by atoms with Crippen molar-refractivity contribution in [3.8, 4) is 0 Å². The van der Waals surface area contributed by atoms with Crippen LogP contribution in [-0.4, -0.2) is 73.4 Å². The molecule has 3 N–H and O–H groups in total. The molecule has 0 rings (SSSR count). The van der Waals surface area contributed by atoms with Gasteiger partial charge in [0.05, 0.1) is 26.3 Å². The largest absolute Gasteiger partial charge is 0.466 e. The number of aliphatic hydroxyl groups is 1. The Bertz CT molecular complexity index is 625. The predicted octanol–water partition coefficient (Wildman–Crippen LogP) is 0.903. The molecule has 1 amide bonds. The normalized spacial score (nSPS) is 13.3. The van der Waals surface area contributed by atoms with Crippen molar-refractivity contribution in [1.82, 2.24) is 4.90 Å². The second-order valence-electron chi connectivity index (χ2n) is 6.96. The van der Waals surface area contributed by atoms with Crippen molar-refractivity contribution in [2.45, 2.75) is 51.7 Å². The zero-order valence-corrected chi connectivity index (χ0v) is 17.8. The van der Waals surface area contributed by atoms with E-state index in [0.29, 0.717) is 19.3 Å². The SMILES string of the molecule is COC(=O)/C=C(\O/N=C(\N)C(CCCCO)N(C)C(=O)OC(C)(C)C)C(=O)OC. The van der Waals surface area contributed by atoms with Crippen LogP contribution in [0.15, 0.2) is 17.0 Å². The average molecular weight is 417 g/mol. The maximum Gasteiger partial charge on any atom is 0.410 e. The topological polar surface area (TPSA) is 150 Å². The standard InChI is InChI=1S/C18H31N3O8/c1-18(2,3)28-17(25)21(4)12(9-7-8-10-22)15(19)20-29-13(16(24)27-6)11-14(23)26-5/h11-12,22H,7-10H2,1-6H3,(H2,19,20)/b13-11-. The monoisotopic (exact) mass is 417 g/mol. The highest BCUT2D eigenvalue weighted by atomic mass is 16.7. The number of ether oxygens (including phenoxy) is 3. The van der Waals surface area contributed by atoms with Crippen LogP contribution in [0.3, 0.4) is 0 Å². The number of amides is 1. The van der Waals surface area contributed by atoms with Crippen LogP contribution in [0.4, 0.5) is 4.79 Å². The maximum absolute atomic E-state index is 12.4. The summed E-state index contributed by atoms with van der Waals surface area (Å²) in [6, 6.07) is -0.742. The summed E-state index contributed by atoms with van der Waals surface area (Å²) in [6.45, 7) is 5.14. The molecule has 0 heterocycles. The zero-order valence-electron chi connectivity index (χ0n) is 17.8. The predicted molar refractivity (Wildman–Crippen MR) is 104 cm³/mol. The number of hydrogen-bond acceptors (Lipinski definition) is 9. The van der Waals surface area contributed by atoms with Crippen LogP contribution in [0.25, 0.3) is 0 Å². The molecule has 0 aliphatic rings. The first-order valence-corrected chi connectivity index (χ1v) is 8.91. The molecule has 0 saturated carbocycles. The van der Waals surface area contributed by atoms with E-state index in [4.69, 9.17) is 20.4 Å². The molecule has 0 aromatic heterocycles. The molecule has 29 heavy (non-hydrogen) atoms. The molecular weight excluding hydrogens is 386 g/mol. The number of oxime groups is 1. The Morgan fingerprint density at radius 3 is 2.28 bits per heavy atom. The molecule has 0 aromatic rings. The lowest BCUT2D eigenvalue weighted by Gasteiger charge is -2.30. The zero-order chi connectivity index (χ0) is 22.6. The van der Waals surface area contributed by atoms with Crippen LogP contribution in [0.2, 0.25) is 0 Å². The van der Waals surface area contributed by atoms with Gasteiger partial charge in [-0.2, -0.15) is 0 Å². The second-order valence-corrected chi connectivity index (χ2v) is 6.96.